The van der Waals surface area contributed by atoms with Crippen LogP contribution in [0.3, 0.4) is 0 Å². The van der Waals surface area contributed by atoms with Crippen LogP contribution < -0.4 is 5.32 Å². The number of hydrogen-bond acceptors (Lipinski definition) is 2. The number of amides is 1. The molecule has 3 heteroatoms. The fourth-order valence-corrected chi connectivity index (χ4v) is 3.79. The van der Waals surface area contributed by atoms with Gasteiger partial charge in [-0.05, 0) is 55.0 Å². The average Bonchev–Trinajstić information content (AvgIpc) is 3.02. The Hall–Kier alpha value is -1.87. The normalized spacial score (nSPS) is 13.0. The number of fused-ring (bicyclic) bond motifs is 1. The Morgan fingerprint density at radius 2 is 2.10 bits per heavy atom. The first kappa shape index (κ1) is 14.1. The van der Waals surface area contributed by atoms with Crippen molar-refractivity contribution < 1.29 is 4.79 Å². The van der Waals surface area contributed by atoms with Crippen molar-refractivity contribution in [3.05, 3.63) is 62.9 Å². The molecule has 1 heterocycles. The van der Waals surface area contributed by atoms with Crippen LogP contribution >= 0.6 is 11.3 Å². The van der Waals surface area contributed by atoms with E-state index < -0.39 is 0 Å². The van der Waals surface area contributed by atoms with E-state index in [0.29, 0.717) is 6.54 Å². The highest BCUT2D eigenvalue weighted by atomic mass is 32.1. The molecule has 0 fully saturated rings. The zero-order valence-electron chi connectivity index (χ0n) is 12.4. The first-order valence-electron chi connectivity index (χ1n) is 7.27. The number of hydrogen-bond donors (Lipinski definition) is 1. The smallest absolute Gasteiger partial charge is 0.261 e. The van der Waals surface area contributed by atoms with E-state index in [1.165, 1.54) is 21.6 Å². The number of carbonyl (C=O) groups excluding carboxylic acids is 1. The van der Waals surface area contributed by atoms with Gasteiger partial charge in [0.2, 0.25) is 0 Å². The van der Waals surface area contributed by atoms with Gasteiger partial charge in [0.05, 0.1) is 4.88 Å². The predicted octanol–water partition coefficient (Wildman–Crippen LogP) is 4.12. The predicted molar refractivity (Wildman–Crippen MR) is 88.9 cm³/mol. The lowest BCUT2D eigenvalue weighted by atomic mass is 10.0. The van der Waals surface area contributed by atoms with Gasteiger partial charge >= 0.3 is 0 Å². The van der Waals surface area contributed by atoms with Gasteiger partial charge in [0.25, 0.3) is 5.91 Å². The third kappa shape index (κ3) is 2.93. The fourth-order valence-electron chi connectivity index (χ4n) is 2.85. The van der Waals surface area contributed by atoms with Crippen molar-refractivity contribution in [3.63, 3.8) is 0 Å². The van der Waals surface area contributed by atoms with E-state index in [4.69, 9.17) is 0 Å². The summed E-state index contributed by atoms with van der Waals surface area (Å²) in [6.07, 6.45) is 4.19. The molecule has 0 saturated heterocycles. The molecule has 1 aliphatic rings. The Labute approximate surface area is 129 Å². The number of rotatable bonds is 4. The van der Waals surface area contributed by atoms with Crippen LogP contribution in [-0.4, -0.2) is 12.5 Å². The zero-order chi connectivity index (χ0) is 14.8. The number of nitrogens with one attached hydrogen (secondary N) is 1. The highest BCUT2D eigenvalue weighted by Gasteiger charge is 2.15. The van der Waals surface area contributed by atoms with Crippen LogP contribution in [0.1, 0.15) is 37.7 Å². The molecule has 1 aromatic carbocycles. The minimum Gasteiger partial charge on any atom is -0.351 e. The molecule has 0 atom stereocenters. The van der Waals surface area contributed by atoms with E-state index >= 15 is 0 Å². The highest BCUT2D eigenvalue weighted by Crippen LogP contribution is 2.29. The number of allylic oxidation sites excluding steroid dienone is 1. The van der Waals surface area contributed by atoms with E-state index in [0.717, 1.165) is 23.3 Å². The molecule has 1 aromatic heterocycles. The van der Waals surface area contributed by atoms with Crippen LogP contribution in [0.15, 0.2) is 36.4 Å². The third-order valence-electron chi connectivity index (χ3n) is 3.86. The minimum atomic E-state index is 0.0532. The Morgan fingerprint density at radius 1 is 1.29 bits per heavy atom. The second-order valence-corrected chi connectivity index (χ2v) is 6.72. The molecular formula is C18H19NOS. The minimum absolute atomic E-state index is 0.0532. The average molecular weight is 297 g/mol. The number of benzene rings is 1. The molecule has 0 unspecified atom stereocenters. The van der Waals surface area contributed by atoms with Gasteiger partial charge in [-0.1, -0.05) is 30.3 Å². The summed E-state index contributed by atoms with van der Waals surface area (Å²) in [5.74, 6) is 0.0532. The SMILES string of the molecule is Cc1cc(C)c(C(=O)NCCC2=CCc3ccccc32)s1. The maximum Gasteiger partial charge on any atom is 0.261 e. The van der Waals surface area contributed by atoms with Gasteiger partial charge in [0.15, 0.2) is 0 Å². The van der Waals surface area contributed by atoms with E-state index in [-0.39, 0.29) is 5.91 Å². The van der Waals surface area contributed by atoms with E-state index in [2.05, 4.69) is 41.7 Å². The zero-order valence-corrected chi connectivity index (χ0v) is 13.2. The maximum atomic E-state index is 12.2. The summed E-state index contributed by atoms with van der Waals surface area (Å²) >= 11 is 1.57. The highest BCUT2D eigenvalue weighted by molar-refractivity contribution is 7.14. The second kappa shape index (κ2) is 5.86. The summed E-state index contributed by atoms with van der Waals surface area (Å²) in [4.78, 5) is 14.2. The Kier molecular flexibility index (Phi) is 3.93. The molecule has 0 aliphatic heterocycles. The molecular weight excluding hydrogens is 278 g/mol. The maximum absolute atomic E-state index is 12.2. The number of thiophene rings is 1. The van der Waals surface area contributed by atoms with E-state index in [1.54, 1.807) is 11.3 Å². The Balaban J connectivity index is 1.58. The molecule has 1 aliphatic carbocycles. The molecule has 0 bridgehead atoms. The second-order valence-electron chi connectivity index (χ2n) is 5.47. The van der Waals surface area contributed by atoms with Gasteiger partial charge in [-0.2, -0.15) is 0 Å². The van der Waals surface area contributed by atoms with Gasteiger partial charge in [0, 0.05) is 11.4 Å². The van der Waals surface area contributed by atoms with E-state index in [9.17, 15) is 4.79 Å². The molecule has 0 saturated carbocycles. The Bertz CT molecular complexity index is 712. The molecule has 108 valence electrons. The molecule has 21 heavy (non-hydrogen) atoms. The molecule has 3 rings (SSSR count). The van der Waals surface area contributed by atoms with Crippen molar-refractivity contribution in [2.24, 2.45) is 0 Å². The summed E-state index contributed by atoms with van der Waals surface area (Å²) in [5.41, 5.74) is 5.16. The van der Waals surface area contributed by atoms with Crippen molar-refractivity contribution in [3.8, 4) is 0 Å². The van der Waals surface area contributed by atoms with Gasteiger partial charge in [-0.15, -0.1) is 11.3 Å². The first-order chi connectivity index (χ1) is 10.1. The van der Waals surface area contributed by atoms with Crippen molar-refractivity contribution in [1.82, 2.24) is 5.32 Å². The van der Waals surface area contributed by atoms with Gasteiger partial charge in [-0.3, -0.25) is 4.79 Å². The van der Waals surface area contributed by atoms with Crippen LogP contribution in [0.25, 0.3) is 5.57 Å². The summed E-state index contributed by atoms with van der Waals surface area (Å²) in [6.45, 7) is 4.72. The lowest BCUT2D eigenvalue weighted by Crippen LogP contribution is -2.24. The summed E-state index contributed by atoms with van der Waals surface area (Å²) < 4.78 is 0. The van der Waals surface area contributed by atoms with Gasteiger partial charge in [0.1, 0.15) is 0 Å². The van der Waals surface area contributed by atoms with Crippen LogP contribution in [0.4, 0.5) is 0 Å². The molecule has 2 nitrogen and oxygen atoms in total. The topological polar surface area (TPSA) is 29.1 Å². The molecule has 2 aromatic rings. The third-order valence-corrected chi connectivity index (χ3v) is 5.01. The molecule has 1 N–H and O–H groups in total. The van der Waals surface area contributed by atoms with Crippen LogP contribution in [0.5, 0.6) is 0 Å². The van der Waals surface area contributed by atoms with E-state index in [1.807, 2.05) is 13.8 Å². The molecule has 0 radical (unpaired) electrons. The summed E-state index contributed by atoms with van der Waals surface area (Å²) in [5, 5.41) is 3.04. The van der Waals surface area contributed by atoms with Crippen LogP contribution in [-0.2, 0) is 6.42 Å². The quantitative estimate of drug-likeness (QED) is 0.903. The Morgan fingerprint density at radius 3 is 2.86 bits per heavy atom. The summed E-state index contributed by atoms with van der Waals surface area (Å²) in [7, 11) is 0. The van der Waals surface area contributed by atoms with Crippen molar-refractivity contribution in [2.45, 2.75) is 26.7 Å². The first-order valence-corrected chi connectivity index (χ1v) is 8.09. The monoisotopic (exact) mass is 297 g/mol. The lowest BCUT2D eigenvalue weighted by Gasteiger charge is -2.07. The fraction of sp³-hybridized carbons (Fsp3) is 0.278. The summed E-state index contributed by atoms with van der Waals surface area (Å²) in [6, 6.07) is 10.6. The van der Waals surface area contributed by atoms with Crippen LogP contribution in [0.2, 0.25) is 0 Å². The molecule has 0 spiro atoms. The number of carbonyl (C=O) groups is 1. The largest absolute Gasteiger partial charge is 0.351 e. The molecule has 1 amide bonds. The van der Waals surface area contributed by atoms with Crippen molar-refractivity contribution in [2.75, 3.05) is 6.54 Å². The van der Waals surface area contributed by atoms with Gasteiger partial charge in [-0.25, -0.2) is 0 Å². The van der Waals surface area contributed by atoms with Crippen molar-refractivity contribution in [1.29, 1.82) is 0 Å². The lowest BCUT2D eigenvalue weighted by molar-refractivity contribution is 0.0958. The standard InChI is InChI=1S/C18H19NOS/c1-12-11-13(2)21-17(12)18(20)19-10-9-15-8-7-14-5-3-4-6-16(14)15/h3-6,8,11H,7,9-10H2,1-2H3,(H,19,20). The van der Waals surface area contributed by atoms with Crippen molar-refractivity contribution >= 4 is 22.8 Å². The number of aryl methyl sites for hydroxylation is 2. The van der Waals surface area contributed by atoms with Crippen LogP contribution in [0, 0.1) is 13.8 Å². The van der Waals surface area contributed by atoms with Gasteiger partial charge < -0.3 is 5.32 Å².